The lowest BCUT2D eigenvalue weighted by molar-refractivity contribution is 0.447. The molecule has 0 saturated carbocycles. The Morgan fingerprint density at radius 1 is 1.20 bits per heavy atom. The van der Waals surface area contributed by atoms with Crippen molar-refractivity contribution in [2.24, 2.45) is 5.92 Å². The van der Waals surface area contributed by atoms with E-state index >= 15 is 0 Å². The van der Waals surface area contributed by atoms with Crippen LogP contribution in [0.15, 0.2) is 22.9 Å². The van der Waals surface area contributed by atoms with Gasteiger partial charge in [0.2, 0.25) is 0 Å². The normalized spacial score (nSPS) is 11.3. The monoisotopic (exact) mass is 284 g/mol. The summed E-state index contributed by atoms with van der Waals surface area (Å²) in [5.74, 6) is -3.30. The first-order valence-electron chi connectivity index (χ1n) is 6.27. The first-order chi connectivity index (χ1) is 9.49. The minimum atomic E-state index is -1.49. The molecule has 0 bridgehead atoms. The fourth-order valence-corrected chi connectivity index (χ4v) is 1.80. The van der Waals surface area contributed by atoms with Crippen molar-refractivity contribution in [1.82, 2.24) is 10.3 Å². The number of nitrogens with one attached hydrogen (secondary N) is 1. The average Bonchev–Trinajstić information content (AvgIpc) is 2.83. The summed E-state index contributed by atoms with van der Waals surface area (Å²) >= 11 is 0. The van der Waals surface area contributed by atoms with Crippen molar-refractivity contribution in [3.8, 4) is 11.3 Å². The number of halogens is 3. The standard InChI is InChI=1S/C14H15F3N2O/c1-8(2)5-18-6-12-14(20-7-19-12)9-3-10(15)13(17)11(16)4-9/h3-4,7-8,18H,5-6H2,1-2H3. The topological polar surface area (TPSA) is 38.1 Å². The Balaban J connectivity index is 2.23. The molecular formula is C14H15F3N2O. The first kappa shape index (κ1) is 14.6. The van der Waals surface area contributed by atoms with Gasteiger partial charge in [0.15, 0.2) is 29.6 Å². The van der Waals surface area contributed by atoms with E-state index in [1.54, 1.807) is 0 Å². The van der Waals surface area contributed by atoms with E-state index in [4.69, 9.17) is 4.42 Å². The molecule has 20 heavy (non-hydrogen) atoms. The van der Waals surface area contributed by atoms with Gasteiger partial charge in [0, 0.05) is 12.1 Å². The SMILES string of the molecule is CC(C)CNCc1ncoc1-c1cc(F)c(F)c(F)c1. The van der Waals surface area contributed by atoms with Gasteiger partial charge in [-0.2, -0.15) is 0 Å². The Hall–Kier alpha value is -1.82. The zero-order valence-corrected chi connectivity index (χ0v) is 11.2. The molecule has 0 atom stereocenters. The van der Waals surface area contributed by atoms with Crippen molar-refractivity contribution in [3.05, 3.63) is 41.7 Å². The third kappa shape index (κ3) is 3.19. The van der Waals surface area contributed by atoms with E-state index in [-0.39, 0.29) is 11.3 Å². The number of hydrogen-bond acceptors (Lipinski definition) is 3. The van der Waals surface area contributed by atoms with Gasteiger partial charge in [0.05, 0.1) is 0 Å². The fraction of sp³-hybridized carbons (Fsp3) is 0.357. The first-order valence-corrected chi connectivity index (χ1v) is 6.27. The summed E-state index contributed by atoms with van der Waals surface area (Å²) in [7, 11) is 0. The highest BCUT2D eigenvalue weighted by atomic mass is 19.2. The molecule has 0 radical (unpaired) electrons. The lowest BCUT2D eigenvalue weighted by Gasteiger charge is -2.07. The van der Waals surface area contributed by atoms with Gasteiger partial charge < -0.3 is 9.73 Å². The molecule has 1 heterocycles. The second-order valence-electron chi connectivity index (χ2n) is 4.91. The molecule has 0 unspecified atom stereocenters. The van der Waals surface area contributed by atoms with Crippen molar-refractivity contribution in [2.75, 3.05) is 6.54 Å². The van der Waals surface area contributed by atoms with E-state index < -0.39 is 17.5 Å². The van der Waals surface area contributed by atoms with Gasteiger partial charge >= 0.3 is 0 Å². The molecule has 2 rings (SSSR count). The Bertz CT molecular complexity index is 573. The molecule has 0 aliphatic heterocycles. The molecule has 108 valence electrons. The zero-order chi connectivity index (χ0) is 14.7. The average molecular weight is 284 g/mol. The van der Waals surface area contributed by atoms with Crippen LogP contribution in [0.4, 0.5) is 13.2 Å². The molecule has 0 amide bonds. The lowest BCUT2D eigenvalue weighted by atomic mass is 10.1. The summed E-state index contributed by atoms with van der Waals surface area (Å²) in [6.45, 7) is 5.30. The van der Waals surface area contributed by atoms with E-state index in [0.717, 1.165) is 18.7 Å². The van der Waals surface area contributed by atoms with Crippen LogP contribution in [-0.2, 0) is 6.54 Å². The van der Waals surface area contributed by atoms with Crippen LogP contribution in [-0.4, -0.2) is 11.5 Å². The molecule has 6 heteroatoms. The Morgan fingerprint density at radius 2 is 1.85 bits per heavy atom. The van der Waals surface area contributed by atoms with Crippen LogP contribution < -0.4 is 5.32 Å². The minimum absolute atomic E-state index is 0.125. The number of rotatable bonds is 5. The largest absolute Gasteiger partial charge is 0.443 e. The summed E-state index contributed by atoms with van der Waals surface area (Å²) in [6, 6.07) is 1.79. The predicted molar refractivity (Wildman–Crippen MR) is 68.4 cm³/mol. The maximum Gasteiger partial charge on any atom is 0.194 e. The van der Waals surface area contributed by atoms with Crippen LogP contribution >= 0.6 is 0 Å². The molecule has 0 aliphatic rings. The van der Waals surface area contributed by atoms with E-state index in [1.165, 1.54) is 6.39 Å². The molecule has 0 saturated heterocycles. The Kier molecular flexibility index (Phi) is 4.44. The molecule has 0 fully saturated rings. The summed E-state index contributed by atoms with van der Waals surface area (Å²) in [6.07, 6.45) is 1.20. The number of benzene rings is 1. The zero-order valence-electron chi connectivity index (χ0n) is 11.2. The third-order valence-corrected chi connectivity index (χ3v) is 2.73. The smallest absolute Gasteiger partial charge is 0.194 e. The molecular weight excluding hydrogens is 269 g/mol. The summed E-state index contributed by atoms with van der Waals surface area (Å²) < 4.78 is 44.5. The molecule has 3 nitrogen and oxygen atoms in total. The third-order valence-electron chi connectivity index (χ3n) is 2.73. The molecule has 2 aromatic rings. The highest BCUT2D eigenvalue weighted by molar-refractivity contribution is 5.59. The minimum Gasteiger partial charge on any atom is -0.443 e. The molecule has 1 N–H and O–H groups in total. The van der Waals surface area contributed by atoms with Crippen molar-refractivity contribution in [2.45, 2.75) is 20.4 Å². The van der Waals surface area contributed by atoms with Crippen LogP contribution in [0.3, 0.4) is 0 Å². The lowest BCUT2D eigenvalue weighted by Crippen LogP contribution is -2.19. The van der Waals surface area contributed by atoms with Gasteiger partial charge in [0.25, 0.3) is 0 Å². The summed E-state index contributed by atoms with van der Waals surface area (Å²) in [5, 5.41) is 3.15. The maximum atomic E-state index is 13.2. The number of hydrogen-bond donors (Lipinski definition) is 1. The van der Waals surface area contributed by atoms with Gasteiger partial charge in [-0.3, -0.25) is 0 Å². The van der Waals surface area contributed by atoms with Crippen LogP contribution in [0.1, 0.15) is 19.5 Å². The summed E-state index contributed by atoms with van der Waals surface area (Å²) in [4.78, 5) is 4.00. The van der Waals surface area contributed by atoms with E-state index in [1.807, 2.05) is 0 Å². The molecule has 0 spiro atoms. The number of oxazole rings is 1. The number of aromatic nitrogens is 1. The van der Waals surface area contributed by atoms with Gasteiger partial charge in [-0.05, 0) is 24.6 Å². The van der Waals surface area contributed by atoms with Crippen molar-refractivity contribution < 1.29 is 17.6 Å². The van der Waals surface area contributed by atoms with Crippen molar-refractivity contribution >= 4 is 0 Å². The quantitative estimate of drug-likeness (QED) is 0.854. The van der Waals surface area contributed by atoms with Crippen LogP contribution in [0.25, 0.3) is 11.3 Å². The Morgan fingerprint density at radius 3 is 2.45 bits per heavy atom. The second kappa shape index (κ2) is 6.09. The van der Waals surface area contributed by atoms with Gasteiger partial charge in [-0.25, -0.2) is 18.2 Å². The number of nitrogens with zero attached hydrogens (tertiary/aromatic N) is 1. The van der Waals surface area contributed by atoms with Gasteiger partial charge in [-0.1, -0.05) is 13.8 Å². The van der Waals surface area contributed by atoms with E-state index in [2.05, 4.69) is 24.1 Å². The van der Waals surface area contributed by atoms with Gasteiger partial charge in [-0.15, -0.1) is 0 Å². The van der Waals surface area contributed by atoms with Crippen LogP contribution in [0, 0.1) is 23.4 Å². The van der Waals surface area contributed by atoms with E-state index in [0.29, 0.717) is 18.2 Å². The van der Waals surface area contributed by atoms with Gasteiger partial charge in [0.1, 0.15) is 5.69 Å². The van der Waals surface area contributed by atoms with Crippen molar-refractivity contribution in [1.29, 1.82) is 0 Å². The maximum absolute atomic E-state index is 13.2. The second-order valence-corrected chi connectivity index (χ2v) is 4.91. The molecule has 1 aromatic carbocycles. The highest BCUT2D eigenvalue weighted by Crippen LogP contribution is 2.26. The fourth-order valence-electron chi connectivity index (χ4n) is 1.80. The van der Waals surface area contributed by atoms with Crippen LogP contribution in [0.5, 0.6) is 0 Å². The highest BCUT2D eigenvalue weighted by Gasteiger charge is 2.16. The predicted octanol–water partition coefficient (Wildman–Crippen LogP) is 3.50. The molecule has 0 aliphatic carbocycles. The van der Waals surface area contributed by atoms with Crippen molar-refractivity contribution in [3.63, 3.8) is 0 Å². The van der Waals surface area contributed by atoms with E-state index in [9.17, 15) is 13.2 Å². The Labute approximate surface area is 114 Å². The molecule has 1 aromatic heterocycles. The summed E-state index contributed by atoms with van der Waals surface area (Å²) in [5.41, 5.74) is 0.649. The van der Waals surface area contributed by atoms with Crippen LogP contribution in [0.2, 0.25) is 0 Å².